The molecule has 2 heterocycles. The topological polar surface area (TPSA) is 57.4 Å². The summed E-state index contributed by atoms with van der Waals surface area (Å²) in [5.74, 6) is 1.09. The summed E-state index contributed by atoms with van der Waals surface area (Å²) in [5.41, 5.74) is 1.72. The van der Waals surface area contributed by atoms with Gasteiger partial charge in [-0.3, -0.25) is 0 Å². The van der Waals surface area contributed by atoms with Gasteiger partial charge in [-0.05, 0) is 29.8 Å². The maximum Gasteiger partial charge on any atom is 0.174 e. The Kier molecular flexibility index (Phi) is 2.22. The number of aromatic nitrogens is 4. The average Bonchev–Trinajstić information content (AvgIpc) is 3.00. The van der Waals surface area contributed by atoms with Crippen molar-refractivity contribution in [3.63, 3.8) is 0 Å². The van der Waals surface area contributed by atoms with Gasteiger partial charge in [0.25, 0.3) is 0 Å². The van der Waals surface area contributed by atoms with Crippen LogP contribution in [-0.2, 0) is 0 Å². The zero-order valence-electron chi connectivity index (χ0n) is 8.81. The number of H-pyrrole nitrogens is 2. The largest absolute Gasteiger partial charge is 0.342 e. The lowest BCUT2D eigenvalue weighted by atomic mass is 10.2. The fourth-order valence-electron chi connectivity index (χ4n) is 1.61. The van der Waals surface area contributed by atoms with Crippen molar-refractivity contribution in [2.24, 2.45) is 0 Å². The summed E-state index contributed by atoms with van der Waals surface area (Å²) < 4.78 is 12.8. The summed E-state index contributed by atoms with van der Waals surface area (Å²) in [7, 11) is 0. The van der Waals surface area contributed by atoms with Crippen molar-refractivity contribution in [3.05, 3.63) is 48.7 Å². The Balaban J connectivity index is 1.98. The number of benzene rings is 1. The van der Waals surface area contributed by atoms with Gasteiger partial charge in [-0.15, -0.1) is 0 Å². The molecule has 2 N–H and O–H groups in total. The highest BCUT2D eigenvalue weighted by Gasteiger charge is 2.06. The van der Waals surface area contributed by atoms with E-state index in [4.69, 9.17) is 0 Å². The molecule has 0 fully saturated rings. The molecule has 0 saturated carbocycles. The molecule has 5 heteroatoms. The lowest BCUT2D eigenvalue weighted by Gasteiger charge is -1.96. The van der Waals surface area contributed by atoms with Crippen molar-refractivity contribution in [2.45, 2.75) is 0 Å². The molecule has 0 radical (unpaired) electrons. The molecule has 0 atom stereocenters. The molecule has 0 bridgehead atoms. The first-order valence-corrected chi connectivity index (χ1v) is 5.13. The SMILES string of the molecule is Fc1ccc(-c2cnc(-c3ncc[nH]3)[nH]2)cc1. The monoisotopic (exact) mass is 228 g/mol. The lowest BCUT2D eigenvalue weighted by Crippen LogP contribution is -1.83. The van der Waals surface area contributed by atoms with Crippen LogP contribution in [0.25, 0.3) is 22.9 Å². The van der Waals surface area contributed by atoms with E-state index in [1.165, 1.54) is 12.1 Å². The van der Waals surface area contributed by atoms with Gasteiger partial charge in [0.15, 0.2) is 11.6 Å². The van der Waals surface area contributed by atoms with Crippen molar-refractivity contribution < 1.29 is 4.39 Å². The second kappa shape index (κ2) is 3.86. The Morgan fingerprint density at radius 1 is 1.00 bits per heavy atom. The number of halogens is 1. The number of nitrogens with zero attached hydrogens (tertiary/aromatic N) is 2. The maximum atomic E-state index is 12.8. The normalized spacial score (nSPS) is 10.6. The Hall–Kier alpha value is -2.43. The standard InChI is InChI=1S/C12H9FN4/c13-9-3-1-8(2-4-9)10-7-16-12(17-10)11-14-5-6-15-11/h1-7H,(H,14,15)(H,16,17). The molecule has 3 aromatic rings. The minimum Gasteiger partial charge on any atom is -0.342 e. The number of hydrogen-bond acceptors (Lipinski definition) is 2. The molecule has 0 saturated heterocycles. The first kappa shape index (κ1) is 9.77. The van der Waals surface area contributed by atoms with E-state index in [1.54, 1.807) is 30.7 Å². The van der Waals surface area contributed by atoms with E-state index in [2.05, 4.69) is 19.9 Å². The van der Waals surface area contributed by atoms with Gasteiger partial charge < -0.3 is 9.97 Å². The third-order valence-electron chi connectivity index (χ3n) is 2.45. The molecule has 0 spiro atoms. The van der Waals surface area contributed by atoms with Crippen molar-refractivity contribution in [1.29, 1.82) is 0 Å². The van der Waals surface area contributed by atoms with E-state index in [0.717, 1.165) is 11.3 Å². The number of imidazole rings is 2. The quantitative estimate of drug-likeness (QED) is 0.708. The molecule has 0 amide bonds. The Morgan fingerprint density at radius 3 is 2.53 bits per heavy atom. The molecular weight excluding hydrogens is 219 g/mol. The third-order valence-corrected chi connectivity index (χ3v) is 2.45. The van der Waals surface area contributed by atoms with Crippen LogP contribution in [0.2, 0.25) is 0 Å². The summed E-state index contributed by atoms with van der Waals surface area (Å²) >= 11 is 0. The Morgan fingerprint density at radius 2 is 1.82 bits per heavy atom. The highest BCUT2D eigenvalue weighted by atomic mass is 19.1. The second-order valence-corrected chi connectivity index (χ2v) is 3.59. The van der Waals surface area contributed by atoms with Gasteiger partial charge >= 0.3 is 0 Å². The van der Waals surface area contributed by atoms with E-state index in [9.17, 15) is 4.39 Å². The Labute approximate surface area is 96.6 Å². The highest BCUT2D eigenvalue weighted by Crippen LogP contribution is 2.20. The fourth-order valence-corrected chi connectivity index (χ4v) is 1.61. The third kappa shape index (κ3) is 1.82. The van der Waals surface area contributed by atoms with Gasteiger partial charge in [0.05, 0.1) is 11.9 Å². The van der Waals surface area contributed by atoms with Crippen LogP contribution in [0.5, 0.6) is 0 Å². The van der Waals surface area contributed by atoms with Gasteiger partial charge in [-0.25, -0.2) is 14.4 Å². The van der Waals surface area contributed by atoms with Gasteiger partial charge in [-0.2, -0.15) is 0 Å². The number of hydrogen-bond donors (Lipinski definition) is 2. The van der Waals surface area contributed by atoms with E-state index >= 15 is 0 Å². The molecule has 3 rings (SSSR count). The Bertz CT molecular complexity index is 610. The zero-order valence-corrected chi connectivity index (χ0v) is 8.81. The van der Waals surface area contributed by atoms with Crippen LogP contribution in [0, 0.1) is 5.82 Å². The van der Waals surface area contributed by atoms with Gasteiger partial charge in [0.2, 0.25) is 0 Å². The summed E-state index contributed by atoms with van der Waals surface area (Å²) in [6.45, 7) is 0. The van der Waals surface area contributed by atoms with E-state index < -0.39 is 0 Å². The van der Waals surface area contributed by atoms with Crippen LogP contribution in [0.1, 0.15) is 0 Å². The van der Waals surface area contributed by atoms with Crippen molar-refractivity contribution in [1.82, 2.24) is 19.9 Å². The number of nitrogens with one attached hydrogen (secondary N) is 2. The van der Waals surface area contributed by atoms with Gasteiger partial charge in [0.1, 0.15) is 5.82 Å². The smallest absolute Gasteiger partial charge is 0.174 e. The van der Waals surface area contributed by atoms with Crippen LogP contribution in [-0.4, -0.2) is 19.9 Å². The minimum atomic E-state index is -0.250. The summed E-state index contributed by atoms with van der Waals surface area (Å²) in [6.07, 6.45) is 5.09. The van der Waals surface area contributed by atoms with Crippen molar-refractivity contribution >= 4 is 0 Å². The van der Waals surface area contributed by atoms with Crippen molar-refractivity contribution in [2.75, 3.05) is 0 Å². The van der Waals surface area contributed by atoms with Crippen LogP contribution in [0.4, 0.5) is 4.39 Å². The predicted octanol–water partition coefficient (Wildman–Crippen LogP) is 2.61. The van der Waals surface area contributed by atoms with E-state index in [0.29, 0.717) is 11.6 Å². The molecule has 0 aliphatic heterocycles. The molecule has 0 aliphatic carbocycles. The van der Waals surface area contributed by atoms with E-state index in [1.807, 2.05) is 0 Å². The summed E-state index contributed by atoms with van der Waals surface area (Å²) in [6, 6.07) is 6.25. The number of aromatic amines is 2. The minimum absolute atomic E-state index is 0.250. The molecule has 17 heavy (non-hydrogen) atoms. The van der Waals surface area contributed by atoms with Crippen LogP contribution in [0.15, 0.2) is 42.9 Å². The molecule has 4 nitrogen and oxygen atoms in total. The predicted molar refractivity (Wildman–Crippen MR) is 61.6 cm³/mol. The molecule has 2 aromatic heterocycles. The van der Waals surface area contributed by atoms with Crippen molar-refractivity contribution in [3.8, 4) is 22.9 Å². The zero-order chi connectivity index (χ0) is 11.7. The highest BCUT2D eigenvalue weighted by molar-refractivity contribution is 5.61. The summed E-state index contributed by atoms with van der Waals surface area (Å²) in [4.78, 5) is 14.4. The molecule has 1 aromatic carbocycles. The van der Waals surface area contributed by atoms with Crippen LogP contribution >= 0.6 is 0 Å². The fraction of sp³-hybridized carbons (Fsp3) is 0. The molecule has 84 valence electrons. The van der Waals surface area contributed by atoms with Gasteiger partial charge in [-0.1, -0.05) is 0 Å². The molecule has 0 unspecified atom stereocenters. The van der Waals surface area contributed by atoms with E-state index in [-0.39, 0.29) is 5.82 Å². The second-order valence-electron chi connectivity index (χ2n) is 3.59. The van der Waals surface area contributed by atoms with Crippen LogP contribution < -0.4 is 0 Å². The maximum absolute atomic E-state index is 12.8. The molecule has 0 aliphatic rings. The number of rotatable bonds is 2. The van der Waals surface area contributed by atoms with Crippen LogP contribution in [0.3, 0.4) is 0 Å². The first-order valence-electron chi connectivity index (χ1n) is 5.13. The van der Waals surface area contributed by atoms with Gasteiger partial charge in [0, 0.05) is 12.4 Å². The first-order chi connectivity index (χ1) is 8.33. The lowest BCUT2D eigenvalue weighted by molar-refractivity contribution is 0.628. The summed E-state index contributed by atoms with van der Waals surface area (Å²) in [5, 5.41) is 0. The average molecular weight is 228 g/mol. The molecular formula is C12H9FN4.